The maximum absolute atomic E-state index is 14.0. The van der Waals surface area contributed by atoms with Crippen LogP contribution in [0.25, 0.3) is 0 Å². The van der Waals surface area contributed by atoms with Gasteiger partial charge in [0.15, 0.2) is 5.78 Å². The van der Waals surface area contributed by atoms with Crippen LogP contribution in [0.15, 0.2) is 66.0 Å². The van der Waals surface area contributed by atoms with Crippen molar-refractivity contribution in [3.05, 3.63) is 77.3 Å². The first-order valence-electron chi connectivity index (χ1n) is 9.37. The predicted molar refractivity (Wildman–Crippen MR) is 108 cm³/mol. The minimum absolute atomic E-state index is 0.00470. The molecule has 1 aliphatic carbocycles. The molecule has 1 aromatic heterocycles. The summed E-state index contributed by atoms with van der Waals surface area (Å²) in [6, 6.07) is 13.1. The molecule has 0 saturated heterocycles. The molecule has 1 aliphatic heterocycles. The Hall–Kier alpha value is -3.59. The highest BCUT2D eigenvalue weighted by molar-refractivity contribution is 6.14. The van der Waals surface area contributed by atoms with Crippen molar-refractivity contribution < 1.29 is 9.59 Å². The predicted octanol–water partition coefficient (Wildman–Crippen LogP) is 3.05. The molecule has 6 heteroatoms. The molecule has 6 nitrogen and oxygen atoms in total. The Morgan fingerprint density at radius 3 is 2.52 bits per heavy atom. The van der Waals surface area contributed by atoms with Gasteiger partial charge in [-0.05, 0) is 38.0 Å². The number of carbonyl (C=O) groups excluding carboxylic acids is 2. The fraction of sp³-hybridized carbons (Fsp3) is 0.261. The van der Waals surface area contributed by atoms with E-state index in [0.29, 0.717) is 17.9 Å². The summed E-state index contributed by atoms with van der Waals surface area (Å²) in [6.07, 6.45) is 4.88. The molecule has 1 amide bonds. The van der Waals surface area contributed by atoms with Gasteiger partial charge in [-0.25, -0.2) is 9.97 Å². The molecule has 144 valence electrons. The molecule has 2 aliphatic rings. The molecule has 2 aromatic rings. The summed E-state index contributed by atoms with van der Waals surface area (Å²) < 4.78 is 0. The highest BCUT2D eigenvalue weighted by Gasteiger charge is 2.57. The van der Waals surface area contributed by atoms with Crippen LogP contribution in [0.3, 0.4) is 0 Å². The minimum atomic E-state index is -1.24. The molecule has 29 heavy (non-hydrogen) atoms. The summed E-state index contributed by atoms with van der Waals surface area (Å²) in [5, 5.41) is 9.65. The zero-order valence-corrected chi connectivity index (χ0v) is 16.5. The Balaban J connectivity index is 2.02. The summed E-state index contributed by atoms with van der Waals surface area (Å²) in [5.74, 6) is -0.000665. The Bertz CT molecular complexity index is 1130. The summed E-state index contributed by atoms with van der Waals surface area (Å²) in [6.45, 7) is 5.69. The van der Waals surface area contributed by atoms with Gasteiger partial charge in [-0.1, -0.05) is 36.4 Å². The van der Waals surface area contributed by atoms with Crippen molar-refractivity contribution in [2.24, 2.45) is 5.41 Å². The van der Waals surface area contributed by atoms with Gasteiger partial charge >= 0.3 is 0 Å². The van der Waals surface area contributed by atoms with Crippen molar-refractivity contribution in [2.75, 3.05) is 11.4 Å². The number of aromatic nitrogens is 2. The zero-order valence-electron chi connectivity index (χ0n) is 16.5. The van der Waals surface area contributed by atoms with Gasteiger partial charge in [0, 0.05) is 18.3 Å². The van der Waals surface area contributed by atoms with Crippen LogP contribution in [0.5, 0.6) is 0 Å². The average molecular weight is 384 g/mol. The lowest BCUT2D eigenvalue weighted by molar-refractivity contribution is -0.125. The lowest BCUT2D eigenvalue weighted by Gasteiger charge is -2.48. The van der Waals surface area contributed by atoms with E-state index in [2.05, 4.69) is 9.97 Å². The van der Waals surface area contributed by atoms with E-state index >= 15 is 0 Å². The second-order valence-corrected chi connectivity index (χ2v) is 7.85. The number of amides is 1. The van der Waals surface area contributed by atoms with Crippen LogP contribution < -0.4 is 4.90 Å². The normalized spacial score (nSPS) is 23.0. The SMILES string of the molecule is Cc1cc(N2CC=C3C(C)(C)C(=O)C(C#N)=C[C@]3(c3ccccc3)C2=O)ncn1. The monoisotopic (exact) mass is 384 g/mol. The van der Waals surface area contributed by atoms with Crippen LogP contribution in [-0.2, 0) is 15.0 Å². The number of anilines is 1. The lowest BCUT2D eigenvalue weighted by atomic mass is 9.56. The number of ketones is 1. The van der Waals surface area contributed by atoms with Gasteiger partial charge in [0.25, 0.3) is 0 Å². The molecule has 0 radical (unpaired) electrons. The molecule has 2 heterocycles. The average Bonchev–Trinajstić information content (AvgIpc) is 2.72. The van der Waals surface area contributed by atoms with E-state index in [9.17, 15) is 14.9 Å². The Kier molecular flexibility index (Phi) is 4.20. The molecule has 4 rings (SSSR count). The van der Waals surface area contributed by atoms with Crippen molar-refractivity contribution >= 4 is 17.5 Å². The van der Waals surface area contributed by atoms with Gasteiger partial charge in [0.1, 0.15) is 23.6 Å². The first-order chi connectivity index (χ1) is 13.8. The van der Waals surface area contributed by atoms with Crippen LogP contribution in [0, 0.1) is 23.7 Å². The van der Waals surface area contributed by atoms with Gasteiger partial charge < -0.3 is 0 Å². The second kappa shape index (κ2) is 6.49. The number of nitriles is 1. The van der Waals surface area contributed by atoms with E-state index in [1.54, 1.807) is 24.8 Å². The quantitative estimate of drug-likeness (QED) is 0.743. The molecule has 0 spiro atoms. The van der Waals surface area contributed by atoms with E-state index in [0.717, 1.165) is 11.3 Å². The van der Waals surface area contributed by atoms with E-state index < -0.39 is 10.8 Å². The summed E-state index contributed by atoms with van der Waals surface area (Å²) in [5.41, 5.74) is -0.0316. The van der Waals surface area contributed by atoms with Crippen molar-refractivity contribution in [3.8, 4) is 6.07 Å². The van der Waals surface area contributed by atoms with Crippen LogP contribution in [0.4, 0.5) is 5.82 Å². The topological polar surface area (TPSA) is 87.0 Å². The molecular weight excluding hydrogens is 364 g/mol. The molecule has 0 unspecified atom stereocenters. The molecular formula is C23H20N4O2. The van der Waals surface area contributed by atoms with Crippen molar-refractivity contribution in [2.45, 2.75) is 26.2 Å². The van der Waals surface area contributed by atoms with Crippen LogP contribution in [-0.4, -0.2) is 28.2 Å². The lowest BCUT2D eigenvalue weighted by Crippen LogP contribution is -2.57. The van der Waals surface area contributed by atoms with E-state index in [1.807, 2.05) is 49.4 Å². The molecule has 0 fully saturated rings. The molecule has 1 atom stereocenters. The maximum Gasteiger partial charge on any atom is 0.247 e. The van der Waals surface area contributed by atoms with Crippen LogP contribution in [0.1, 0.15) is 25.1 Å². The number of allylic oxidation sites excluding steroid dienone is 1. The number of fused-ring (bicyclic) bond motifs is 1. The first kappa shape index (κ1) is 18.8. The Morgan fingerprint density at radius 2 is 1.86 bits per heavy atom. The molecule has 0 bridgehead atoms. The van der Waals surface area contributed by atoms with Gasteiger partial charge in [-0.3, -0.25) is 14.5 Å². The van der Waals surface area contributed by atoms with E-state index in [4.69, 9.17) is 0 Å². The number of carbonyl (C=O) groups is 2. The third-order valence-corrected chi connectivity index (χ3v) is 5.75. The number of nitrogens with zero attached hydrogens (tertiary/aromatic N) is 4. The third kappa shape index (κ3) is 2.62. The third-order valence-electron chi connectivity index (χ3n) is 5.75. The number of hydrogen-bond donors (Lipinski definition) is 0. The Morgan fingerprint density at radius 1 is 1.14 bits per heavy atom. The largest absolute Gasteiger partial charge is 0.292 e. The van der Waals surface area contributed by atoms with Crippen molar-refractivity contribution in [1.29, 1.82) is 5.26 Å². The fourth-order valence-corrected chi connectivity index (χ4v) is 4.32. The summed E-state index contributed by atoms with van der Waals surface area (Å²) >= 11 is 0. The van der Waals surface area contributed by atoms with Gasteiger partial charge in [0.05, 0.1) is 11.0 Å². The number of hydrogen-bond acceptors (Lipinski definition) is 5. The minimum Gasteiger partial charge on any atom is -0.292 e. The number of Topliss-reactive ketones (excluding diaryl/α,β-unsaturated/α-hetero) is 1. The van der Waals surface area contributed by atoms with Crippen LogP contribution in [0.2, 0.25) is 0 Å². The molecule has 0 saturated carbocycles. The van der Waals surface area contributed by atoms with Crippen molar-refractivity contribution in [1.82, 2.24) is 9.97 Å². The smallest absolute Gasteiger partial charge is 0.247 e. The summed E-state index contributed by atoms with van der Waals surface area (Å²) in [7, 11) is 0. The van der Waals surface area contributed by atoms with Gasteiger partial charge in [-0.2, -0.15) is 5.26 Å². The van der Waals surface area contributed by atoms with Gasteiger partial charge in [0.2, 0.25) is 5.91 Å². The van der Waals surface area contributed by atoms with E-state index in [1.165, 1.54) is 12.4 Å². The number of aryl methyl sites for hydroxylation is 1. The Labute approximate surface area is 169 Å². The van der Waals surface area contributed by atoms with E-state index in [-0.39, 0.29) is 17.3 Å². The highest BCUT2D eigenvalue weighted by Crippen LogP contribution is 2.52. The standard InChI is InChI=1S/C23H20N4O2/c1-15-11-19(26-14-25-15)27-10-9-18-22(2,3)20(28)16(13-24)12-23(18,21(27)29)17-7-5-4-6-8-17/h4-9,11-12,14H,10H2,1-3H3/t23-/m1/s1. The fourth-order valence-electron chi connectivity index (χ4n) is 4.32. The zero-order chi connectivity index (χ0) is 20.8. The summed E-state index contributed by atoms with van der Waals surface area (Å²) in [4.78, 5) is 36.9. The highest BCUT2D eigenvalue weighted by atomic mass is 16.2. The van der Waals surface area contributed by atoms with Crippen molar-refractivity contribution in [3.63, 3.8) is 0 Å². The number of benzene rings is 1. The second-order valence-electron chi connectivity index (χ2n) is 7.85. The number of rotatable bonds is 2. The van der Waals surface area contributed by atoms with Gasteiger partial charge in [-0.15, -0.1) is 0 Å². The van der Waals surface area contributed by atoms with Crippen LogP contribution >= 0.6 is 0 Å². The first-order valence-corrected chi connectivity index (χ1v) is 9.37. The maximum atomic E-state index is 14.0. The molecule has 1 aromatic carbocycles. The molecule has 0 N–H and O–H groups in total.